The first kappa shape index (κ1) is 12.2. The number of carbonyl (C=O) groups excluding carboxylic acids is 1. The first-order chi connectivity index (χ1) is 9.75. The zero-order valence-electron chi connectivity index (χ0n) is 10.7. The fourth-order valence-corrected chi connectivity index (χ4v) is 2.20. The van der Waals surface area contributed by atoms with E-state index in [9.17, 15) is 9.90 Å². The molecule has 1 amide bonds. The summed E-state index contributed by atoms with van der Waals surface area (Å²) in [6.07, 6.45) is 0. The molecule has 3 aromatic rings. The lowest BCUT2D eigenvalue weighted by Gasteiger charge is -2.09. The zero-order chi connectivity index (χ0) is 13.9. The van der Waals surface area contributed by atoms with Crippen molar-refractivity contribution in [2.45, 2.75) is 0 Å². The fraction of sp³-hybridized carbons (Fsp3) is 0. The van der Waals surface area contributed by atoms with E-state index >= 15 is 0 Å². The van der Waals surface area contributed by atoms with Crippen LogP contribution in [0.3, 0.4) is 0 Å². The van der Waals surface area contributed by atoms with Gasteiger partial charge in [-0.2, -0.15) is 0 Å². The Morgan fingerprint density at radius 1 is 0.800 bits per heavy atom. The van der Waals surface area contributed by atoms with Crippen molar-refractivity contribution in [2.24, 2.45) is 0 Å². The van der Waals surface area contributed by atoms with Gasteiger partial charge in [-0.3, -0.25) is 4.79 Å². The molecule has 0 fully saturated rings. The summed E-state index contributed by atoms with van der Waals surface area (Å²) in [7, 11) is 0. The molecule has 3 nitrogen and oxygen atoms in total. The van der Waals surface area contributed by atoms with E-state index in [-0.39, 0.29) is 11.7 Å². The predicted octanol–water partition coefficient (Wildman–Crippen LogP) is 3.80. The molecular formula is C17H13NO2. The van der Waals surface area contributed by atoms with Crippen LogP contribution in [0.5, 0.6) is 5.75 Å². The van der Waals surface area contributed by atoms with Gasteiger partial charge in [-0.25, -0.2) is 0 Å². The Bertz CT molecular complexity index is 766. The van der Waals surface area contributed by atoms with Crippen molar-refractivity contribution < 1.29 is 9.90 Å². The summed E-state index contributed by atoms with van der Waals surface area (Å²) in [5.41, 5.74) is 1.29. The standard InChI is InChI=1S/C17H13NO2/c19-16-11-10-15(13-8-4-5-9-14(13)16)17(20)18-12-6-2-1-3-7-12/h1-11,19H,(H,18,20). The second kappa shape index (κ2) is 5.05. The van der Waals surface area contributed by atoms with Gasteiger partial charge in [0.25, 0.3) is 5.91 Å². The number of para-hydroxylation sites is 1. The van der Waals surface area contributed by atoms with E-state index in [0.717, 1.165) is 11.1 Å². The van der Waals surface area contributed by atoms with Crippen LogP contribution in [0.25, 0.3) is 10.8 Å². The van der Waals surface area contributed by atoms with E-state index in [1.165, 1.54) is 0 Å². The minimum atomic E-state index is -0.188. The number of hydrogen-bond donors (Lipinski definition) is 2. The van der Waals surface area contributed by atoms with Gasteiger partial charge in [-0.05, 0) is 29.7 Å². The maximum atomic E-state index is 12.3. The van der Waals surface area contributed by atoms with Crippen molar-refractivity contribution in [3.05, 3.63) is 72.3 Å². The monoisotopic (exact) mass is 263 g/mol. The molecule has 0 radical (unpaired) electrons. The largest absolute Gasteiger partial charge is 0.507 e. The number of fused-ring (bicyclic) bond motifs is 1. The molecule has 3 rings (SSSR count). The van der Waals surface area contributed by atoms with Crippen molar-refractivity contribution in [3.8, 4) is 5.75 Å². The molecule has 0 bridgehead atoms. The number of aromatic hydroxyl groups is 1. The van der Waals surface area contributed by atoms with Crippen LogP contribution < -0.4 is 5.32 Å². The lowest BCUT2D eigenvalue weighted by Crippen LogP contribution is -2.12. The summed E-state index contributed by atoms with van der Waals surface area (Å²) in [5, 5.41) is 14.1. The Morgan fingerprint density at radius 2 is 1.45 bits per heavy atom. The van der Waals surface area contributed by atoms with Crippen LogP contribution in [0.1, 0.15) is 10.4 Å². The van der Waals surface area contributed by atoms with Gasteiger partial charge in [-0.15, -0.1) is 0 Å². The summed E-state index contributed by atoms with van der Waals surface area (Å²) >= 11 is 0. The van der Waals surface area contributed by atoms with Gasteiger partial charge in [0.2, 0.25) is 0 Å². The molecule has 0 atom stereocenters. The number of hydrogen-bond acceptors (Lipinski definition) is 2. The molecule has 0 saturated carbocycles. The highest BCUT2D eigenvalue weighted by atomic mass is 16.3. The Hall–Kier alpha value is -2.81. The summed E-state index contributed by atoms with van der Waals surface area (Å²) in [6, 6.07) is 19.8. The highest BCUT2D eigenvalue weighted by Crippen LogP contribution is 2.27. The molecule has 2 N–H and O–H groups in total. The topological polar surface area (TPSA) is 49.3 Å². The second-order valence-electron chi connectivity index (χ2n) is 4.50. The molecule has 0 saturated heterocycles. The van der Waals surface area contributed by atoms with Crippen LogP contribution >= 0.6 is 0 Å². The number of carbonyl (C=O) groups is 1. The van der Waals surface area contributed by atoms with Crippen LogP contribution in [-0.2, 0) is 0 Å². The summed E-state index contributed by atoms with van der Waals surface area (Å²) in [6.45, 7) is 0. The van der Waals surface area contributed by atoms with E-state index < -0.39 is 0 Å². The van der Waals surface area contributed by atoms with Gasteiger partial charge in [0, 0.05) is 16.6 Å². The van der Waals surface area contributed by atoms with E-state index in [1.807, 2.05) is 48.5 Å². The molecule has 0 aliphatic heterocycles. The zero-order valence-corrected chi connectivity index (χ0v) is 10.7. The van der Waals surface area contributed by atoms with Crippen molar-refractivity contribution in [1.82, 2.24) is 0 Å². The number of phenols is 1. The number of nitrogens with one attached hydrogen (secondary N) is 1. The van der Waals surface area contributed by atoms with Crippen LogP contribution in [0.4, 0.5) is 5.69 Å². The molecule has 0 spiro atoms. The number of benzene rings is 3. The van der Waals surface area contributed by atoms with Crippen LogP contribution in [0.15, 0.2) is 66.7 Å². The summed E-state index contributed by atoms with van der Waals surface area (Å²) in [4.78, 5) is 12.3. The van der Waals surface area contributed by atoms with E-state index in [2.05, 4.69) is 5.32 Å². The molecule has 0 heterocycles. The van der Waals surface area contributed by atoms with Crippen molar-refractivity contribution >= 4 is 22.4 Å². The minimum Gasteiger partial charge on any atom is -0.507 e. The predicted molar refractivity (Wildman–Crippen MR) is 80.0 cm³/mol. The third-order valence-corrected chi connectivity index (χ3v) is 3.18. The van der Waals surface area contributed by atoms with E-state index in [0.29, 0.717) is 10.9 Å². The summed E-state index contributed by atoms with van der Waals surface area (Å²) in [5.74, 6) is -0.00994. The van der Waals surface area contributed by atoms with Crippen molar-refractivity contribution in [3.63, 3.8) is 0 Å². The molecule has 20 heavy (non-hydrogen) atoms. The minimum absolute atomic E-state index is 0.178. The number of rotatable bonds is 2. The molecule has 3 heteroatoms. The smallest absolute Gasteiger partial charge is 0.256 e. The van der Waals surface area contributed by atoms with Crippen LogP contribution in [0.2, 0.25) is 0 Å². The third-order valence-electron chi connectivity index (χ3n) is 3.18. The average Bonchev–Trinajstić information content (AvgIpc) is 2.49. The van der Waals surface area contributed by atoms with Crippen molar-refractivity contribution in [2.75, 3.05) is 5.32 Å². The van der Waals surface area contributed by atoms with Gasteiger partial charge in [0.1, 0.15) is 5.75 Å². The first-order valence-electron chi connectivity index (χ1n) is 6.33. The van der Waals surface area contributed by atoms with Gasteiger partial charge in [0.05, 0.1) is 0 Å². The number of phenolic OH excluding ortho intramolecular Hbond substituents is 1. The van der Waals surface area contributed by atoms with Gasteiger partial charge in [-0.1, -0.05) is 42.5 Å². The second-order valence-corrected chi connectivity index (χ2v) is 4.50. The van der Waals surface area contributed by atoms with Gasteiger partial charge >= 0.3 is 0 Å². The molecular weight excluding hydrogens is 250 g/mol. The Balaban J connectivity index is 2.02. The molecule has 0 unspecified atom stereocenters. The highest BCUT2D eigenvalue weighted by Gasteiger charge is 2.11. The molecule has 98 valence electrons. The average molecular weight is 263 g/mol. The van der Waals surface area contributed by atoms with E-state index in [4.69, 9.17) is 0 Å². The molecule has 3 aromatic carbocycles. The SMILES string of the molecule is O=C(Nc1ccccc1)c1ccc(O)c2ccccc12. The van der Waals surface area contributed by atoms with Gasteiger partial charge in [0.15, 0.2) is 0 Å². The van der Waals surface area contributed by atoms with Crippen LogP contribution in [-0.4, -0.2) is 11.0 Å². The molecule has 0 aliphatic rings. The highest BCUT2D eigenvalue weighted by molar-refractivity contribution is 6.13. The Labute approximate surface area is 116 Å². The maximum absolute atomic E-state index is 12.3. The van der Waals surface area contributed by atoms with Crippen LogP contribution in [0, 0.1) is 0 Å². The maximum Gasteiger partial charge on any atom is 0.256 e. The van der Waals surface area contributed by atoms with E-state index in [1.54, 1.807) is 18.2 Å². The van der Waals surface area contributed by atoms with Crippen molar-refractivity contribution in [1.29, 1.82) is 0 Å². The Morgan fingerprint density at radius 3 is 2.20 bits per heavy atom. The lowest BCUT2D eigenvalue weighted by atomic mass is 10.0. The number of amides is 1. The quantitative estimate of drug-likeness (QED) is 0.738. The lowest BCUT2D eigenvalue weighted by molar-refractivity contribution is 0.102. The first-order valence-corrected chi connectivity index (χ1v) is 6.33. The fourth-order valence-electron chi connectivity index (χ4n) is 2.20. The molecule has 0 aliphatic carbocycles. The normalized spacial score (nSPS) is 10.4. The Kier molecular flexibility index (Phi) is 3.09. The number of anilines is 1. The molecule has 0 aromatic heterocycles. The summed E-state index contributed by atoms with van der Waals surface area (Å²) < 4.78 is 0. The van der Waals surface area contributed by atoms with Gasteiger partial charge < -0.3 is 10.4 Å². The third kappa shape index (κ3) is 2.21.